The van der Waals surface area contributed by atoms with Gasteiger partial charge in [-0.15, -0.1) is 0 Å². The molecule has 3 nitrogen and oxygen atoms in total. The zero-order valence-corrected chi connectivity index (χ0v) is 14.4. The number of piperazine rings is 1. The Balaban J connectivity index is 1.45. The van der Waals surface area contributed by atoms with Crippen LogP contribution in [0.4, 0.5) is 0 Å². The monoisotopic (exact) mass is 322 g/mol. The van der Waals surface area contributed by atoms with Gasteiger partial charge in [0.25, 0.3) is 0 Å². The van der Waals surface area contributed by atoms with Gasteiger partial charge < -0.3 is 4.74 Å². The standard InChI is InChI=1S/C21H26N2O/c1-24-21-12-6-5-10-20(21)11-7-13-22-14-16-23(17-15-22)18-19-8-3-2-4-9-19/h2-12H,13-18H2,1H3. The molecule has 1 fully saturated rings. The third-order valence-corrected chi connectivity index (χ3v) is 4.51. The summed E-state index contributed by atoms with van der Waals surface area (Å²) in [5.74, 6) is 0.932. The molecule has 0 radical (unpaired) electrons. The lowest BCUT2D eigenvalue weighted by Gasteiger charge is -2.34. The molecule has 2 aromatic carbocycles. The zero-order valence-electron chi connectivity index (χ0n) is 14.4. The Kier molecular flexibility index (Phi) is 6.05. The second-order valence-electron chi connectivity index (χ2n) is 6.21. The van der Waals surface area contributed by atoms with E-state index >= 15 is 0 Å². The summed E-state index contributed by atoms with van der Waals surface area (Å²) in [6, 6.07) is 18.9. The van der Waals surface area contributed by atoms with Crippen molar-refractivity contribution in [1.82, 2.24) is 9.80 Å². The summed E-state index contributed by atoms with van der Waals surface area (Å²) in [5, 5.41) is 0. The van der Waals surface area contributed by atoms with Crippen molar-refractivity contribution in [3.63, 3.8) is 0 Å². The van der Waals surface area contributed by atoms with Crippen LogP contribution in [0.25, 0.3) is 6.08 Å². The number of nitrogens with zero attached hydrogens (tertiary/aromatic N) is 2. The molecule has 0 N–H and O–H groups in total. The molecule has 0 aromatic heterocycles. The van der Waals surface area contributed by atoms with E-state index in [4.69, 9.17) is 4.74 Å². The molecule has 2 aromatic rings. The Morgan fingerprint density at radius 2 is 1.54 bits per heavy atom. The second-order valence-corrected chi connectivity index (χ2v) is 6.21. The fraction of sp³-hybridized carbons (Fsp3) is 0.333. The molecule has 126 valence electrons. The molecule has 24 heavy (non-hydrogen) atoms. The molecule has 0 bridgehead atoms. The van der Waals surface area contributed by atoms with Gasteiger partial charge in [0.2, 0.25) is 0 Å². The van der Waals surface area contributed by atoms with Crippen LogP contribution in [0, 0.1) is 0 Å². The van der Waals surface area contributed by atoms with Gasteiger partial charge in [-0.1, -0.05) is 60.7 Å². The predicted molar refractivity (Wildman–Crippen MR) is 100 cm³/mol. The number of hydrogen-bond acceptors (Lipinski definition) is 3. The van der Waals surface area contributed by atoms with Crippen molar-refractivity contribution in [2.75, 3.05) is 39.8 Å². The van der Waals surface area contributed by atoms with Gasteiger partial charge >= 0.3 is 0 Å². The molecule has 0 saturated carbocycles. The maximum Gasteiger partial charge on any atom is 0.126 e. The molecule has 3 heteroatoms. The molecule has 0 amide bonds. The average Bonchev–Trinajstić information content (AvgIpc) is 2.64. The van der Waals surface area contributed by atoms with E-state index in [-0.39, 0.29) is 0 Å². The van der Waals surface area contributed by atoms with Crippen molar-refractivity contribution >= 4 is 6.08 Å². The summed E-state index contributed by atoms with van der Waals surface area (Å²) in [6.07, 6.45) is 4.40. The van der Waals surface area contributed by atoms with Crippen LogP contribution in [-0.4, -0.2) is 49.6 Å². The molecular weight excluding hydrogens is 296 g/mol. The van der Waals surface area contributed by atoms with Crippen LogP contribution in [0.5, 0.6) is 5.75 Å². The quantitative estimate of drug-likeness (QED) is 0.809. The van der Waals surface area contributed by atoms with Crippen LogP contribution in [-0.2, 0) is 6.54 Å². The van der Waals surface area contributed by atoms with E-state index in [1.54, 1.807) is 7.11 Å². The number of methoxy groups -OCH3 is 1. The first-order chi connectivity index (χ1) is 11.8. The van der Waals surface area contributed by atoms with Gasteiger partial charge in [0.05, 0.1) is 7.11 Å². The van der Waals surface area contributed by atoms with Gasteiger partial charge in [0.15, 0.2) is 0 Å². The van der Waals surface area contributed by atoms with Gasteiger partial charge in [-0.3, -0.25) is 9.80 Å². The number of ether oxygens (including phenoxy) is 1. The number of benzene rings is 2. The lowest BCUT2D eigenvalue weighted by molar-refractivity contribution is 0.137. The van der Waals surface area contributed by atoms with E-state index in [0.29, 0.717) is 0 Å². The number of para-hydroxylation sites is 1. The van der Waals surface area contributed by atoms with E-state index in [0.717, 1.165) is 50.6 Å². The maximum absolute atomic E-state index is 5.39. The Bertz CT molecular complexity index is 646. The number of rotatable bonds is 6. The van der Waals surface area contributed by atoms with E-state index in [1.165, 1.54) is 5.56 Å². The Hall–Kier alpha value is -2.10. The molecule has 1 aliphatic rings. The molecule has 0 atom stereocenters. The minimum Gasteiger partial charge on any atom is -0.496 e. The summed E-state index contributed by atoms with van der Waals surface area (Å²) < 4.78 is 5.39. The molecule has 0 aliphatic carbocycles. The third-order valence-electron chi connectivity index (χ3n) is 4.51. The normalized spacial score (nSPS) is 16.5. The van der Waals surface area contributed by atoms with Crippen molar-refractivity contribution in [3.05, 3.63) is 71.8 Å². The van der Waals surface area contributed by atoms with Crippen LogP contribution in [0.3, 0.4) is 0 Å². The average molecular weight is 322 g/mol. The lowest BCUT2D eigenvalue weighted by Crippen LogP contribution is -2.45. The van der Waals surface area contributed by atoms with Crippen molar-refractivity contribution < 1.29 is 4.74 Å². The summed E-state index contributed by atoms with van der Waals surface area (Å²) in [6.45, 7) is 6.59. The van der Waals surface area contributed by atoms with Crippen LogP contribution in [0.1, 0.15) is 11.1 Å². The second kappa shape index (κ2) is 8.67. The highest BCUT2D eigenvalue weighted by Gasteiger charge is 2.15. The van der Waals surface area contributed by atoms with Gasteiger partial charge in [-0.25, -0.2) is 0 Å². The predicted octanol–water partition coefficient (Wildman–Crippen LogP) is 3.53. The smallest absolute Gasteiger partial charge is 0.126 e. The van der Waals surface area contributed by atoms with Crippen LogP contribution >= 0.6 is 0 Å². The molecule has 1 saturated heterocycles. The highest BCUT2D eigenvalue weighted by molar-refractivity contribution is 5.57. The fourth-order valence-electron chi connectivity index (χ4n) is 3.10. The summed E-state index contributed by atoms with van der Waals surface area (Å²) >= 11 is 0. The minimum absolute atomic E-state index is 0.932. The molecule has 0 spiro atoms. The zero-order chi connectivity index (χ0) is 16.6. The van der Waals surface area contributed by atoms with Gasteiger partial charge in [-0.2, -0.15) is 0 Å². The van der Waals surface area contributed by atoms with Crippen molar-refractivity contribution in [2.24, 2.45) is 0 Å². The molecular formula is C21H26N2O. The largest absolute Gasteiger partial charge is 0.496 e. The van der Waals surface area contributed by atoms with Gasteiger partial charge in [0, 0.05) is 44.8 Å². The van der Waals surface area contributed by atoms with Crippen LogP contribution < -0.4 is 4.74 Å². The first kappa shape index (κ1) is 16.7. The minimum atomic E-state index is 0.932. The Morgan fingerprint density at radius 3 is 2.29 bits per heavy atom. The SMILES string of the molecule is COc1ccccc1C=CCN1CCN(Cc2ccccc2)CC1. The molecule has 0 unspecified atom stereocenters. The van der Waals surface area contributed by atoms with Crippen molar-refractivity contribution in [2.45, 2.75) is 6.54 Å². The molecule has 1 heterocycles. The third kappa shape index (κ3) is 4.70. The van der Waals surface area contributed by atoms with E-state index in [9.17, 15) is 0 Å². The maximum atomic E-state index is 5.39. The fourth-order valence-corrected chi connectivity index (χ4v) is 3.10. The highest BCUT2D eigenvalue weighted by Crippen LogP contribution is 2.18. The van der Waals surface area contributed by atoms with E-state index < -0.39 is 0 Å². The van der Waals surface area contributed by atoms with Crippen molar-refractivity contribution in [1.29, 1.82) is 0 Å². The van der Waals surface area contributed by atoms with Crippen molar-refractivity contribution in [3.8, 4) is 5.75 Å². The lowest BCUT2D eigenvalue weighted by atomic mass is 10.2. The summed E-state index contributed by atoms with van der Waals surface area (Å²) in [4.78, 5) is 5.04. The summed E-state index contributed by atoms with van der Waals surface area (Å²) in [7, 11) is 1.72. The van der Waals surface area contributed by atoms with Gasteiger partial charge in [0.1, 0.15) is 5.75 Å². The number of hydrogen-bond donors (Lipinski definition) is 0. The highest BCUT2D eigenvalue weighted by atomic mass is 16.5. The van der Waals surface area contributed by atoms with Crippen LogP contribution in [0.2, 0.25) is 0 Å². The molecule has 3 rings (SSSR count). The first-order valence-corrected chi connectivity index (χ1v) is 8.63. The summed E-state index contributed by atoms with van der Waals surface area (Å²) in [5.41, 5.74) is 2.55. The van der Waals surface area contributed by atoms with Crippen LogP contribution in [0.15, 0.2) is 60.7 Å². The first-order valence-electron chi connectivity index (χ1n) is 8.63. The molecule has 1 aliphatic heterocycles. The van der Waals surface area contributed by atoms with E-state index in [2.05, 4.69) is 58.4 Å². The van der Waals surface area contributed by atoms with E-state index in [1.807, 2.05) is 18.2 Å². The Morgan fingerprint density at radius 1 is 0.875 bits per heavy atom. The van der Waals surface area contributed by atoms with Gasteiger partial charge in [-0.05, 0) is 11.6 Å². The topological polar surface area (TPSA) is 15.7 Å². The Labute approximate surface area is 145 Å².